The van der Waals surface area contributed by atoms with Crippen molar-refractivity contribution in [3.8, 4) is 23.7 Å². The second-order valence-electron chi connectivity index (χ2n) is 3.86. The minimum atomic E-state index is -3.57. The summed E-state index contributed by atoms with van der Waals surface area (Å²) in [6.45, 7) is 3.70. The normalized spacial score (nSPS) is 15.1. The molecule has 0 saturated carbocycles. The average molecular weight is 274 g/mol. The van der Waals surface area contributed by atoms with Crippen molar-refractivity contribution in [1.29, 1.82) is 0 Å². The molecule has 98 valence electrons. The molecule has 2 rings (SSSR count). The summed E-state index contributed by atoms with van der Waals surface area (Å²) in [6, 6.07) is 7.19. The van der Waals surface area contributed by atoms with E-state index >= 15 is 0 Å². The molecular formula is C14H14N2O2S. The molecule has 19 heavy (non-hydrogen) atoms. The van der Waals surface area contributed by atoms with Crippen molar-refractivity contribution < 1.29 is 8.42 Å². The summed E-state index contributed by atoms with van der Waals surface area (Å²) in [4.78, 5) is 0. The monoisotopic (exact) mass is 274 g/mol. The standard InChI is InChI=1S/C14H14N2O2S/c1-3-5-11-15-13-9-7-8-10-14(13)16(12-6-4-2)19(15,17)18/h7-10H,11-12H2,1-2H3. The Bertz CT molecular complexity index is 647. The first-order valence-corrected chi connectivity index (χ1v) is 7.21. The van der Waals surface area contributed by atoms with Gasteiger partial charge in [0, 0.05) is 0 Å². The Balaban J connectivity index is 2.52. The second kappa shape index (κ2) is 5.26. The van der Waals surface area contributed by atoms with Crippen LogP contribution >= 0.6 is 0 Å². The first kappa shape index (κ1) is 13.3. The summed E-state index contributed by atoms with van der Waals surface area (Å²) >= 11 is 0. The number of fused-ring (bicyclic) bond motifs is 1. The summed E-state index contributed by atoms with van der Waals surface area (Å²) in [5.74, 6) is 11.0. The summed E-state index contributed by atoms with van der Waals surface area (Å²) in [7, 11) is -3.57. The lowest BCUT2D eigenvalue weighted by Crippen LogP contribution is -2.38. The first-order chi connectivity index (χ1) is 9.12. The number of nitrogens with zero attached hydrogens (tertiary/aromatic N) is 2. The number of benzene rings is 1. The zero-order chi connectivity index (χ0) is 13.9. The van der Waals surface area contributed by atoms with Crippen LogP contribution in [0.2, 0.25) is 0 Å². The zero-order valence-electron chi connectivity index (χ0n) is 10.8. The minimum absolute atomic E-state index is 0.159. The Hall–Kier alpha value is -2.11. The largest absolute Gasteiger partial charge is 0.328 e. The molecule has 0 fully saturated rings. The van der Waals surface area contributed by atoms with Gasteiger partial charge in [-0.3, -0.25) is 0 Å². The third kappa shape index (κ3) is 2.25. The third-order valence-electron chi connectivity index (χ3n) is 2.78. The van der Waals surface area contributed by atoms with E-state index in [1.165, 1.54) is 8.61 Å². The van der Waals surface area contributed by atoms with Crippen LogP contribution in [0, 0.1) is 23.7 Å². The van der Waals surface area contributed by atoms with E-state index < -0.39 is 10.2 Å². The Morgan fingerprint density at radius 2 is 1.37 bits per heavy atom. The maximum Gasteiger partial charge on any atom is 0.328 e. The highest BCUT2D eigenvalue weighted by atomic mass is 32.2. The van der Waals surface area contributed by atoms with Crippen LogP contribution in [0.25, 0.3) is 0 Å². The van der Waals surface area contributed by atoms with Crippen LogP contribution in [0.5, 0.6) is 0 Å². The molecule has 0 saturated heterocycles. The van der Waals surface area contributed by atoms with Gasteiger partial charge in [-0.05, 0) is 26.0 Å². The van der Waals surface area contributed by atoms with Gasteiger partial charge in [-0.25, -0.2) is 8.61 Å². The number of para-hydroxylation sites is 2. The van der Waals surface area contributed by atoms with Crippen LogP contribution in [0.3, 0.4) is 0 Å². The first-order valence-electron chi connectivity index (χ1n) is 5.81. The van der Waals surface area contributed by atoms with E-state index in [1.807, 2.05) is 12.1 Å². The highest BCUT2D eigenvalue weighted by molar-refractivity contribution is 7.94. The summed E-state index contributed by atoms with van der Waals surface area (Å²) in [5, 5.41) is 0. The van der Waals surface area contributed by atoms with Crippen LogP contribution in [0.15, 0.2) is 24.3 Å². The predicted molar refractivity (Wildman–Crippen MR) is 77.0 cm³/mol. The van der Waals surface area contributed by atoms with Gasteiger partial charge >= 0.3 is 10.2 Å². The lowest BCUT2D eigenvalue weighted by Gasteiger charge is -2.18. The SMILES string of the molecule is CC#CCN1c2ccccc2N(CC#CC)S1(=O)=O. The quantitative estimate of drug-likeness (QED) is 0.769. The Kier molecular flexibility index (Phi) is 3.69. The molecule has 0 aromatic heterocycles. The number of rotatable bonds is 2. The van der Waals surface area contributed by atoms with Crippen molar-refractivity contribution >= 4 is 21.6 Å². The van der Waals surface area contributed by atoms with E-state index in [-0.39, 0.29) is 13.1 Å². The van der Waals surface area contributed by atoms with Gasteiger partial charge in [0.2, 0.25) is 0 Å². The van der Waals surface area contributed by atoms with E-state index in [4.69, 9.17) is 0 Å². The van der Waals surface area contributed by atoms with Crippen molar-refractivity contribution in [3.63, 3.8) is 0 Å². The molecule has 1 aliphatic heterocycles. The fourth-order valence-corrected chi connectivity index (χ4v) is 3.39. The van der Waals surface area contributed by atoms with Crippen molar-refractivity contribution in [2.75, 3.05) is 21.7 Å². The van der Waals surface area contributed by atoms with Gasteiger partial charge in [-0.15, -0.1) is 11.8 Å². The molecule has 0 atom stereocenters. The Morgan fingerprint density at radius 3 is 1.74 bits per heavy atom. The molecule has 1 heterocycles. The highest BCUT2D eigenvalue weighted by Crippen LogP contribution is 2.39. The van der Waals surface area contributed by atoms with E-state index in [9.17, 15) is 8.42 Å². The van der Waals surface area contributed by atoms with E-state index in [0.29, 0.717) is 11.4 Å². The second-order valence-corrected chi connectivity index (χ2v) is 5.64. The molecule has 0 radical (unpaired) electrons. The lowest BCUT2D eigenvalue weighted by atomic mass is 10.2. The summed E-state index contributed by atoms with van der Waals surface area (Å²) in [6.07, 6.45) is 0. The van der Waals surface area contributed by atoms with Crippen LogP contribution in [0.4, 0.5) is 11.4 Å². The number of hydrogen-bond acceptors (Lipinski definition) is 2. The van der Waals surface area contributed by atoms with Crippen LogP contribution in [-0.2, 0) is 10.2 Å². The molecule has 0 N–H and O–H groups in total. The van der Waals surface area contributed by atoms with Gasteiger partial charge in [0.15, 0.2) is 0 Å². The minimum Gasteiger partial charge on any atom is -0.239 e. The molecular weight excluding hydrogens is 260 g/mol. The van der Waals surface area contributed by atoms with Gasteiger partial charge in [-0.2, -0.15) is 8.42 Å². The Labute approximate surface area is 114 Å². The van der Waals surface area contributed by atoms with E-state index in [2.05, 4.69) is 23.7 Å². The van der Waals surface area contributed by atoms with Gasteiger partial charge in [0.25, 0.3) is 0 Å². The highest BCUT2D eigenvalue weighted by Gasteiger charge is 2.39. The van der Waals surface area contributed by atoms with Crippen LogP contribution in [0.1, 0.15) is 13.8 Å². The summed E-state index contributed by atoms with van der Waals surface area (Å²) < 4.78 is 27.6. The third-order valence-corrected chi connectivity index (χ3v) is 4.54. The fraction of sp³-hybridized carbons (Fsp3) is 0.286. The zero-order valence-corrected chi connectivity index (χ0v) is 11.7. The van der Waals surface area contributed by atoms with Crippen molar-refractivity contribution in [2.24, 2.45) is 0 Å². The summed E-state index contributed by atoms with van der Waals surface area (Å²) in [5.41, 5.74) is 1.31. The smallest absolute Gasteiger partial charge is 0.239 e. The number of anilines is 2. The molecule has 4 nitrogen and oxygen atoms in total. The fourth-order valence-electron chi connectivity index (χ4n) is 1.89. The molecule has 1 aromatic carbocycles. The van der Waals surface area contributed by atoms with Crippen LogP contribution in [-0.4, -0.2) is 21.5 Å². The molecule has 5 heteroatoms. The molecule has 1 aromatic rings. The van der Waals surface area contributed by atoms with Gasteiger partial charge in [0.05, 0.1) is 24.5 Å². The van der Waals surface area contributed by atoms with E-state index in [1.54, 1.807) is 26.0 Å². The lowest BCUT2D eigenvalue weighted by molar-refractivity contribution is 0.593. The molecule has 0 aliphatic carbocycles. The topological polar surface area (TPSA) is 40.6 Å². The van der Waals surface area contributed by atoms with Crippen molar-refractivity contribution in [2.45, 2.75) is 13.8 Å². The predicted octanol–water partition coefficient (Wildman–Crippen LogP) is 1.60. The van der Waals surface area contributed by atoms with Crippen molar-refractivity contribution in [1.82, 2.24) is 0 Å². The molecule has 0 amide bonds. The van der Waals surface area contributed by atoms with Gasteiger partial charge < -0.3 is 0 Å². The Morgan fingerprint density at radius 1 is 0.947 bits per heavy atom. The van der Waals surface area contributed by atoms with Crippen LogP contribution < -0.4 is 8.61 Å². The van der Waals surface area contributed by atoms with Gasteiger partial charge in [-0.1, -0.05) is 24.0 Å². The van der Waals surface area contributed by atoms with Gasteiger partial charge in [0.1, 0.15) is 0 Å². The average Bonchev–Trinajstić information content (AvgIpc) is 2.61. The maximum absolute atomic E-state index is 12.5. The van der Waals surface area contributed by atoms with Crippen molar-refractivity contribution in [3.05, 3.63) is 24.3 Å². The maximum atomic E-state index is 12.5. The van der Waals surface area contributed by atoms with E-state index in [0.717, 1.165) is 0 Å². The molecule has 1 aliphatic rings. The molecule has 0 unspecified atom stereocenters. The molecule has 0 spiro atoms. The molecule has 0 bridgehead atoms. The number of hydrogen-bond donors (Lipinski definition) is 0.